The third-order valence-electron chi connectivity index (χ3n) is 7.61. The number of amides is 2. The molecule has 0 spiro atoms. The van der Waals surface area contributed by atoms with Crippen LogP contribution in [0.5, 0.6) is 11.5 Å². The van der Waals surface area contributed by atoms with E-state index in [0.717, 1.165) is 39.0 Å². The SMILES string of the molecule is COc1ccc(CCN2CC(=O)N3[C@@H](c4ccccc4OC)c4[nH]c5ccccc5c4C[C@H]3C2=O)cc1. The predicted octanol–water partition coefficient (Wildman–Crippen LogP) is 4.11. The minimum Gasteiger partial charge on any atom is -0.497 e. The molecule has 188 valence electrons. The average Bonchev–Trinajstić information content (AvgIpc) is 3.32. The zero-order valence-corrected chi connectivity index (χ0v) is 20.9. The Hall–Kier alpha value is -4.26. The lowest BCUT2D eigenvalue weighted by molar-refractivity contribution is -0.158. The van der Waals surface area contributed by atoms with Crippen LogP contribution in [0.2, 0.25) is 0 Å². The molecule has 3 heterocycles. The molecule has 1 N–H and O–H groups in total. The number of hydrogen-bond donors (Lipinski definition) is 1. The molecule has 3 aromatic carbocycles. The maximum Gasteiger partial charge on any atom is 0.246 e. The van der Waals surface area contributed by atoms with Crippen molar-refractivity contribution in [2.24, 2.45) is 0 Å². The van der Waals surface area contributed by atoms with Crippen molar-refractivity contribution in [3.63, 3.8) is 0 Å². The van der Waals surface area contributed by atoms with E-state index in [1.54, 1.807) is 24.0 Å². The second-order valence-corrected chi connectivity index (χ2v) is 9.59. The van der Waals surface area contributed by atoms with Gasteiger partial charge in [-0.1, -0.05) is 48.5 Å². The van der Waals surface area contributed by atoms with Gasteiger partial charge < -0.3 is 24.3 Å². The van der Waals surface area contributed by atoms with Gasteiger partial charge in [-0.25, -0.2) is 0 Å². The van der Waals surface area contributed by atoms with E-state index in [0.29, 0.717) is 25.1 Å². The van der Waals surface area contributed by atoms with Crippen LogP contribution in [0, 0.1) is 0 Å². The van der Waals surface area contributed by atoms with Crippen LogP contribution >= 0.6 is 0 Å². The summed E-state index contributed by atoms with van der Waals surface area (Å²) in [6.07, 6.45) is 1.15. The van der Waals surface area contributed by atoms with Gasteiger partial charge in [0.25, 0.3) is 0 Å². The number of benzene rings is 3. The number of rotatable bonds is 6. The molecular weight excluding hydrogens is 466 g/mol. The highest BCUT2D eigenvalue weighted by Crippen LogP contribution is 2.44. The molecule has 0 unspecified atom stereocenters. The van der Waals surface area contributed by atoms with Crippen LogP contribution in [0.3, 0.4) is 0 Å². The van der Waals surface area contributed by atoms with E-state index in [4.69, 9.17) is 9.47 Å². The largest absolute Gasteiger partial charge is 0.497 e. The lowest BCUT2D eigenvalue weighted by Gasteiger charge is -2.47. The quantitative estimate of drug-likeness (QED) is 0.437. The van der Waals surface area contributed by atoms with E-state index in [2.05, 4.69) is 11.1 Å². The van der Waals surface area contributed by atoms with Gasteiger partial charge in [-0.3, -0.25) is 9.59 Å². The molecule has 1 fully saturated rings. The van der Waals surface area contributed by atoms with E-state index in [1.165, 1.54) is 0 Å². The lowest BCUT2D eigenvalue weighted by Crippen LogP contribution is -2.63. The zero-order valence-electron chi connectivity index (χ0n) is 20.9. The highest BCUT2D eigenvalue weighted by atomic mass is 16.5. The maximum atomic E-state index is 13.9. The summed E-state index contributed by atoms with van der Waals surface area (Å²) in [6, 6.07) is 22.7. The molecule has 2 amide bonds. The van der Waals surface area contributed by atoms with E-state index in [1.807, 2.05) is 66.7 Å². The fourth-order valence-electron chi connectivity index (χ4n) is 5.79. The highest BCUT2D eigenvalue weighted by Gasteiger charge is 2.48. The number of hydrogen-bond acceptors (Lipinski definition) is 4. The number of aromatic nitrogens is 1. The Labute approximate surface area is 215 Å². The van der Waals surface area contributed by atoms with Gasteiger partial charge in [0.2, 0.25) is 11.8 Å². The first-order valence-electron chi connectivity index (χ1n) is 12.5. The van der Waals surface area contributed by atoms with Crippen LogP contribution in [0.1, 0.15) is 28.4 Å². The van der Waals surface area contributed by atoms with Crippen LogP contribution in [-0.2, 0) is 22.4 Å². The third-order valence-corrected chi connectivity index (χ3v) is 7.61. The van der Waals surface area contributed by atoms with Crippen molar-refractivity contribution in [3.05, 3.63) is 95.2 Å². The van der Waals surface area contributed by atoms with Gasteiger partial charge in [0.05, 0.1) is 20.8 Å². The zero-order chi connectivity index (χ0) is 25.5. The molecule has 7 heteroatoms. The Kier molecular flexibility index (Phi) is 5.83. The van der Waals surface area contributed by atoms with Gasteiger partial charge in [-0.05, 0) is 41.8 Å². The van der Waals surface area contributed by atoms with Crippen molar-refractivity contribution in [1.29, 1.82) is 0 Å². The maximum absolute atomic E-state index is 13.9. The molecular formula is C30H29N3O4. The minimum absolute atomic E-state index is 0.0102. The predicted molar refractivity (Wildman–Crippen MR) is 141 cm³/mol. The number of ether oxygens (including phenoxy) is 2. The van der Waals surface area contributed by atoms with Crippen LogP contribution < -0.4 is 9.47 Å². The second-order valence-electron chi connectivity index (χ2n) is 9.59. The number of carbonyl (C=O) groups excluding carboxylic acids is 2. The van der Waals surface area contributed by atoms with Crippen molar-refractivity contribution < 1.29 is 19.1 Å². The van der Waals surface area contributed by atoms with Crippen molar-refractivity contribution in [2.45, 2.75) is 24.9 Å². The first kappa shape index (κ1) is 23.2. The first-order valence-corrected chi connectivity index (χ1v) is 12.5. The topological polar surface area (TPSA) is 74.9 Å². The average molecular weight is 496 g/mol. The molecule has 37 heavy (non-hydrogen) atoms. The molecule has 0 bridgehead atoms. The number of piperazine rings is 1. The fraction of sp³-hybridized carbons (Fsp3) is 0.267. The smallest absolute Gasteiger partial charge is 0.246 e. The molecule has 2 aliphatic rings. The summed E-state index contributed by atoms with van der Waals surface area (Å²) in [5.41, 5.74) is 5.01. The number of nitrogens with one attached hydrogen (secondary N) is 1. The Bertz CT molecular complexity index is 1480. The van der Waals surface area contributed by atoms with Crippen molar-refractivity contribution in [1.82, 2.24) is 14.8 Å². The van der Waals surface area contributed by atoms with Crippen LogP contribution in [0.25, 0.3) is 10.9 Å². The number of aromatic amines is 1. The first-order chi connectivity index (χ1) is 18.1. The number of methoxy groups -OCH3 is 2. The number of para-hydroxylation sites is 2. The molecule has 0 radical (unpaired) electrons. The van der Waals surface area contributed by atoms with Crippen molar-refractivity contribution >= 4 is 22.7 Å². The molecule has 4 aromatic rings. The summed E-state index contributed by atoms with van der Waals surface area (Å²) in [6.45, 7) is 0.550. The molecule has 6 rings (SSSR count). The van der Waals surface area contributed by atoms with Crippen LogP contribution in [0.15, 0.2) is 72.8 Å². The van der Waals surface area contributed by atoms with E-state index in [-0.39, 0.29) is 18.4 Å². The standard InChI is InChI=1S/C30H29N3O4/c1-36-20-13-11-19(12-14-20)15-16-32-18-27(34)33-25(30(32)35)17-23-21-7-3-5-9-24(21)31-28(23)29(33)22-8-4-6-10-26(22)37-2/h3-14,25,29,31H,15-18H2,1-2H3/t25-,29-/m0/s1. The lowest BCUT2D eigenvalue weighted by atomic mass is 9.86. The fourth-order valence-corrected chi connectivity index (χ4v) is 5.79. The van der Waals surface area contributed by atoms with Crippen molar-refractivity contribution in [2.75, 3.05) is 27.3 Å². The number of H-pyrrole nitrogens is 1. The summed E-state index contributed by atoms with van der Waals surface area (Å²) in [5, 5.41) is 1.09. The number of fused-ring (bicyclic) bond motifs is 4. The van der Waals surface area contributed by atoms with Gasteiger partial charge >= 0.3 is 0 Å². The molecule has 2 atom stereocenters. The second kappa shape index (κ2) is 9.32. The summed E-state index contributed by atoms with van der Waals surface area (Å²) in [5.74, 6) is 1.42. The summed E-state index contributed by atoms with van der Waals surface area (Å²) >= 11 is 0. The van der Waals surface area contributed by atoms with E-state index < -0.39 is 12.1 Å². The Morgan fingerprint density at radius 2 is 1.68 bits per heavy atom. The van der Waals surface area contributed by atoms with E-state index >= 15 is 0 Å². The third kappa shape index (κ3) is 3.91. The molecule has 0 saturated carbocycles. The van der Waals surface area contributed by atoms with Crippen LogP contribution in [0.4, 0.5) is 0 Å². The Morgan fingerprint density at radius 1 is 0.919 bits per heavy atom. The normalized spacial score (nSPS) is 19.1. The molecule has 2 aliphatic heterocycles. The molecule has 1 aromatic heterocycles. The molecule has 0 aliphatic carbocycles. The minimum atomic E-state index is -0.571. The summed E-state index contributed by atoms with van der Waals surface area (Å²) < 4.78 is 10.9. The Balaban J connectivity index is 1.37. The Morgan fingerprint density at radius 3 is 2.46 bits per heavy atom. The number of carbonyl (C=O) groups is 2. The molecule has 7 nitrogen and oxygen atoms in total. The number of nitrogens with zero attached hydrogens (tertiary/aromatic N) is 2. The summed E-state index contributed by atoms with van der Waals surface area (Å²) in [7, 11) is 3.27. The van der Waals surface area contributed by atoms with Gasteiger partial charge in [0.15, 0.2) is 0 Å². The monoisotopic (exact) mass is 495 g/mol. The highest BCUT2D eigenvalue weighted by molar-refractivity contribution is 5.97. The van der Waals surface area contributed by atoms with Crippen LogP contribution in [-0.4, -0.2) is 59.9 Å². The van der Waals surface area contributed by atoms with Gasteiger partial charge in [-0.2, -0.15) is 0 Å². The van der Waals surface area contributed by atoms with Crippen molar-refractivity contribution in [3.8, 4) is 11.5 Å². The van der Waals surface area contributed by atoms with Gasteiger partial charge in [0, 0.05) is 35.1 Å². The van der Waals surface area contributed by atoms with E-state index in [9.17, 15) is 9.59 Å². The van der Waals surface area contributed by atoms with Gasteiger partial charge in [0.1, 0.15) is 23.6 Å². The molecule has 1 saturated heterocycles. The van der Waals surface area contributed by atoms with Gasteiger partial charge in [-0.15, -0.1) is 0 Å². The summed E-state index contributed by atoms with van der Waals surface area (Å²) in [4.78, 5) is 34.7.